The first kappa shape index (κ1) is 14.5. The average Bonchev–Trinajstić information content (AvgIpc) is 2.33. The van der Waals surface area contributed by atoms with Gasteiger partial charge >= 0.3 is 6.18 Å². The van der Waals surface area contributed by atoms with Gasteiger partial charge in [0.05, 0.1) is 11.6 Å². The van der Waals surface area contributed by atoms with Gasteiger partial charge in [-0.1, -0.05) is 24.6 Å². The summed E-state index contributed by atoms with van der Waals surface area (Å²) in [5, 5.41) is 8.85. The molecule has 0 saturated heterocycles. The molecule has 98 valence electrons. The molecule has 1 rings (SSSR count). The van der Waals surface area contributed by atoms with E-state index in [0.29, 0.717) is 24.8 Å². The molecule has 0 radical (unpaired) electrons. The Labute approximate surface area is 104 Å². The van der Waals surface area contributed by atoms with Crippen molar-refractivity contribution in [2.45, 2.75) is 37.9 Å². The van der Waals surface area contributed by atoms with Crippen molar-refractivity contribution in [2.24, 2.45) is 5.73 Å². The van der Waals surface area contributed by atoms with Crippen molar-refractivity contribution in [1.82, 2.24) is 0 Å². The van der Waals surface area contributed by atoms with Crippen molar-refractivity contribution in [2.75, 3.05) is 0 Å². The van der Waals surface area contributed by atoms with Crippen molar-refractivity contribution < 1.29 is 13.2 Å². The Kier molecular flexibility index (Phi) is 5.17. The Bertz CT molecular complexity index is 421. The number of benzene rings is 1. The largest absolute Gasteiger partial charge is 0.403 e. The first-order valence-corrected chi connectivity index (χ1v) is 5.75. The summed E-state index contributed by atoms with van der Waals surface area (Å²) in [6.07, 6.45) is -2.78. The number of hydrogen-bond donors (Lipinski definition) is 1. The number of nitrogens with two attached hydrogens (primary N) is 1. The fourth-order valence-corrected chi connectivity index (χ4v) is 1.69. The van der Waals surface area contributed by atoms with E-state index in [1.807, 2.05) is 12.1 Å². The standard InChI is InChI=1S/C13H15F3N2/c14-13(15,16)12(18)8-4-3-6-10-5-1-2-7-11(10)9-17/h1-2,5,7,12H,3-4,6,8,18H2/t12-/m0/s1. The van der Waals surface area contributed by atoms with Crippen molar-refractivity contribution in [3.8, 4) is 6.07 Å². The predicted molar refractivity (Wildman–Crippen MR) is 62.7 cm³/mol. The normalized spacial score (nSPS) is 13.1. The molecule has 0 saturated carbocycles. The Morgan fingerprint density at radius 1 is 1.22 bits per heavy atom. The highest BCUT2D eigenvalue weighted by Crippen LogP contribution is 2.22. The molecule has 1 aromatic carbocycles. The van der Waals surface area contributed by atoms with Gasteiger partial charge in [0, 0.05) is 0 Å². The van der Waals surface area contributed by atoms with Crippen LogP contribution in [0.1, 0.15) is 30.4 Å². The van der Waals surface area contributed by atoms with Gasteiger partial charge in [-0.25, -0.2) is 0 Å². The molecule has 0 spiro atoms. The molecule has 1 aromatic rings. The number of unbranched alkanes of at least 4 members (excludes halogenated alkanes) is 1. The number of nitriles is 1. The van der Waals surface area contributed by atoms with Gasteiger partial charge in [-0.05, 0) is 30.9 Å². The van der Waals surface area contributed by atoms with Crippen molar-refractivity contribution >= 4 is 0 Å². The van der Waals surface area contributed by atoms with Crippen LogP contribution in [0, 0.1) is 11.3 Å². The highest BCUT2D eigenvalue weighted by atomic mass is 19.4. The van der Waals surface area contributed by atoms with Crippen LogP contribution in [-0.4, -0.2) is 12.2 Å². The zero-order valence-electron chi connectivity index (χ0n) is 9.87. The lowest BCUT2D eigenvalue weighted by molar-refractivity contribution is -0.149. The lowest BCUT2D eigenvalue weighted by atomic mass is 10.0. The number of aryl methyl sites for hydroxylation is 1. The minimum Gasteiger partial charge on any atom is -0.320 e. The van der Waals surface area contributed by atoms with Gasteiger partial charge in [0.1, 0.15) is 6.04 Å². The summed E-state index contributed by atoms with van der Waals surface area (Å²) in [4.78, 5) is 0. The van der Waals surface area contributed by atoms with Gasteiger partial charge in [0.15, 0.2) is 0 Å². The van der Waals surface area contributed by atoms with Crippen molar-refractivity contribution in [3.63, 3.8) is 0 Å². The maximum atomic E-state index is 12.2. The maximum absolute atomic E-state index is 12.2. The van der Waals surface area contributed by atoms with Crippen LogP contribution >= 0.6 is 0 Å². The van der Waals surface area contributed by atoms with Crippen LogP contribution in [0.25, 0.3) is 0 Å². The molecule has 0 unspecified atom stereocenters. The van der Waals surface area contributed by atoms with Crippen LogP contribution in [-0.2, 0) is 6.42 Å². The first-order valence-electron chi connectivity index (χ1n) is 5.75. The Balaban J connectivity index is 2.37. The van der Waals surface area contributed by atoms with E-state index in [1.54, 1.807) is 12.1 Å². The monoisotopic (exact) mass is 256 g/mol. The van der Waals surface area contributed by atoms with Crippen LogP contribution in [0.4, 0.5) is 13.2 Å². The molecular weight excluding hydrogens is 241 g/mol. The van der Waals surface area contributed by atoms with Gasteiger partial charge < -0.3 is 5.73 Å². The number of halogens is 3. The van der Waals surface area contributed by atoms with Gasteiger partial charge in [0.2, 0.25) is 0 Å². The zero-order chi connectivity index (χ0) is 13.6. The Morgan fingerprint density at radius 3 is 2.50 bits per heavy atom. The van der Waals surface area contributed by atoms with Crippen LogP contribution in [0.2, 0.25) is 0 Å². The summed E-state index contributed by atoms with van der Waals surface area (Å²) in [6, 6.07) is 7.43. The van der Waals surface area contributed by atoms with Crippen LogP contribution < -0.4 is 5.73 Å². The predicted octanol–water partition coefficient (Wildman–Crippen LogP) is 3.16. The topological polar surface area (TPSA) is 49.8 Å². The van der Waals surface area contributed by atoms with Gasteiger partial charge in [-0.15, -0.1) is 0 Å². The lowest BCUT2D eigenvalue weighted by Crippen LogP contribution is -2.37. The minimum absolute atomic E-state index is 0.0712. The van der Waals surface area contributed by atoms with Crippen molar-refractivity contribution in [1.29, 1.82) is 5.26 Å². The molecule has 0 aliphatic rings. The zero-order valence-corrected chi connectivity index (χ0v) is 9.87. The van der Waals surface area contributed by atoms with Crippen LogP contribution in [0.3, 0.4) is 0 Å². The smallest absolute Gasteiger partial charge is 0.320 e. The summed E-state index contributed by atoms with van der Waals surface area (Å²) < 4.78 is 36.5. The van der Waals surface area contributed by atoms with Gasteiger partial charge in [-0.3, -0.25) is 0 Å². The SMILES string of the molecule is N#Cc1ccccc1CCCC[C@H](N)C(F)(F)F. The number of alkyl halides is 3. The fraction of sp³-hybridized carbons (Fsp3) is 0.462. The molecule has 1 atom stereocenters. The lowest BCUT2D eigenvalue weighted by Gasteiger charge is -2.15. The van der Waals surface area contributed by atoms with E-state index in [0.717, 1.165) is 5.56 Å². The Hall–Kier alpha value is -1.54. The molecule has 0 bridgehead atoms. The van der Waals surface area contributed by atoms with E-state index in [2.05, 4.69) is 6.07 Å². The third-order valence-electron chi connectivity index (χ3n) is 2.77. The molecule has 0 fully saturated rings. The number of hydrogen-bond acceptors (Lipinski definition) is 2. The molecule has 2 nitrogen and oxygen atoms in total. The molecule has 0 heterocycles. The molecular formula is C13H15F3N2. The number of nitrogens with zero attached hydrogens (tertiary/aromatic N) is 1. The summed E-state index contributed by atoms with van der Waals surface area (Å²) >= 11 is 0. The van der Waals surface area contributed by atoms with E-state index in [1.165, 1.54) is 0 Å². The molecule has 18 heavy (non-hydrogen) atoms. The van der Waals surface area contributed by atoms with Gasteiger partial charge in [-0.2, -0.15) is 18.4 Å². The molecule has 0 aliphatic heterocycles. The first-order chi connectivity index (χ1) is 8.45. The second-order valence-electron chi connectivity index (χ2n) is 4.16. The summed E-state index contributed by atoms with van der Waals surface area (Å²) in [7, 11) is 0. The summed E-state index contributed by atoms with van der Waals surface area (Å²) in [5.74, 6) is 0. The molecule has 5 heteroatoms. The Morgan fingerprint density at radius 2 is 1.89 bits per heavy atom. The van der Waals surface area contributed by atoms with Crippen LogP contribution in [0.5, 0.6) is 0 Å². The minimum atomic E-state index is -4.31. The third kappa shape index (κ3) is 4.38. The van der Waals surface area contributed by atoms with E-state index in [4.69, 9.17) is 11.0 Å². The summed E-state index contributed by atoms with van der Waals surface area (Å²) in [5.41, 5.74) is 6.47. The second kappa shape index (κ2) is 6.41. The van der Waals surface area contributed by atoms with E-state index < -0.39 is 12.2 Å². The van der Waals surface area contributed by atoms with E-state index in [9.17, 15) is 13.2 Å². The summed E-state index contributed by atoms with van der Waals surface area (Å²) in [6.45, 7) is 0. The molecule has 0 amide bonds. The average molecular weight is 256 g/mol. The van der Waals surface area contributed by atoms with Crippen LogP contribution in [0.15, 0.2) is 24.3 Å². The van der Waals surface area contributed by atoms with Crippen molar-refractivity contribution in [3.05, 3.63) is 35.4 Å². The highest BCUT2D eigenvalue weighted by molar-refractivity contribution is 5.37. The van der Waals surface area contributed by atoms with E-state index >= 15 is 0 Å². The van der Waals surface area contributed by atoms with E-state index in [-0.39, 0.29) is 6.42 Å². The molecule has 0 aromatic heterocycles. The second-order valence-corrected chi connectivity index (χ2v) is 4.16. The molecule has 2 N–H and O–H groups in total. The quantitative estimate of drug-likeness (QED) is 0.823. The number of rotatable bonds is 5. The maximum Gasteiger partial charge on any atom is 0.403 e. The highest BCUT2D eigenvalue weighted by Gasteiger charge is 2.35. The van der Waals surface area contributed by atoms with Gasteiger partial charge in [0.25, 0.3) is 0 Å². The third-order valence-corrected chi connectivity index (χ3v) is 2.77. The fourth-order valence-electron chi connectivity index (χ4n) is 1.69. The molecule has 0 aliphatic carbocycles.